The molecule has 3 aromatic rings. The molecule has 4 nitrogen and oxygen atoms in total. The van der Waals surface area contributed by atoms with Crippen molar-refractivity contribution in [1.82, 2.24) is 4.98 Å². The predicted molar refractivity (Wildman–Crippen MR) is 91.4 cm³/mol. The quantitative estimate of drug-likeness (QED) is 0.732. The SMILES string of the molecule is Cc1cccc(NC(=O)Nc2nc(-c3ccccc3)cs2)c1. The number of rotatable bonds is 3. The summed E-state index contributed by atoms with van der Waals surface area (Å²) in [5, 5.41) is 8.06. The van der Waals surface area contributed by atoms with E-state index in [0.717, 1.165) is 22.5 Å². The Morgan fingerprint density at radius 2 is 1.86 bits per heavy atom. The van der Waals surface area contributed by atoms with Crippen LogP contribution in [0.2, 0.25) is 0 Å². The van der Waals surface area contributed by atoms with Crippen LogP contribution >= 0.6 is 11.3 Å². The number of nitrogens with one attached hydrogen (secondary N) is 2. The molecule has 0 aliphatic carbocycles. The van der Waals surface area contributed by atoms with Crippen molar-refractivity contribution in [3.05, 3.63) is 65.5 Å². The van der Waals surface area contributed by atoms with Gasteiger partial charge in [-0.3, -0.25) is 5.32 Å². The largest absolute Gasteiger partial charge is 0.325 e. The molecule has 0 aliphatic rings. The monoisotopic (exact) mass is 309 g/mol. The number of carbonyl (C=O) groups is 1. The van der Waals surface area contributed by atoms with Crippen molar-refractivity contribution in [3.8, 4) is 11.3 Å². The van der Waals surface area contributed by atoms with Gasteiger partial charge in [0.2, 0.25) is 0 Å². The van der Waals surface area contributed by atoms with Crippen LogP contribution < -0.4 is 10.6 Å². The topological polar surface area (TPSA) is 54.0 Å². The van der Waals surface area contributed by atoms with E-state index < -0.39 is 0 Å². The molecule has 2 aromatic carbocycles. The Morgan fingerprint density at radius 3 is 2.64 bits per heavy atom. The fourth-order valence-corrected chi connectivity index (χ4v) is 2.77. The van der Waals surface area contributed by atoms with Crippen molar-refractivity contribution in [2.24, 2.45) is 0 Å². The number of benzene rings is 2. The summed E-state index contributed by atoms with van der Waals surface area (Å²) in [6, 6.07) is 17.2. The summed E-state index contributed by atoms with van der Waals surface area (Å²) in [5.41, 5.74) is 3.75. The zero-order chi connectivity index (χ0) is 15.4. The van der Waals surface area contributed by atoms with E-state index in [-0.39, 0.29) is 6.03 Å². The maximum atomic E-state index is 12.0. The summed E-state index contributed by atoms with van der Waals surface area (Å²) in [4.78, 5) is 16.4. The van der Waals surface area contributed by atoms with Gasteiger partial charge >= 0.3 is 6.03 Å². The van der Waals surface area contributed by atoms with Gasteiger partial charge in [0.15, 0.2) is 5.13 Å². The Hall–Kier alpha value is -2.66. The highest BCUT2D eigenvalue weighted by Crippen LogP contribution is 2.24. The first-order valence-electron chi connectivity index (χ1n) is 6.86. The molecule has 0 saturated heterocycles. The van der Waals surface area contributed by atoms with E-state index in [4.69, 9.17) is 0 Å². The predicted octanol–water partition coefficient (Wildman–Crippen LogP) is 4.76. The lowest BCUT2D eigenvalue weighted by Crippen LogP contribution is -2.19. The Balaban J connectivity index is 1.66. The van der Waals surface area contributed by atoms with Gasteiger partial charge < -0.3 is 5.32 Å². The minimum absolute atomic E-state index is 0.292. The Bertz CT molecular complexity index is 783. The summed E-state index contributed by atoms with van der Waals surface area (Å²) in [6.45, 7) is 1.98. The fraction of sp³-hybridized carbons (Fsp3) is 0.0588. The number of aromatic nitrogens is 1. The Kier molecular flexibility index (Phi) is 4.16. The summed E-state index contributed by atoms with van der Waals surface area (Å²) in [5.74, 6) is 0. The van der Waals surface area contributed by atoms with Crippen molar-refractivity contribution in [1.29, 1.82) is 0 Å². The number of amides is 2. The van der Waals surface area contributed by atoms with Gasteiger partial charge in [0.1, 0.15) is 0 Å². The third-order valence-corrected chi connectivity index (χ3v) is 3.83. The first kappa shape index (κ1) is 14.3. The lowest BCUT2D eigenvalue weighted by molar-refractivity contribution is 0.262. The van der Waals surface area contributed by atoms with Crippen molar-refractivity contribution >= 4 is 28.2 Å². The van der Waals surface area contributed by atoms with E-state index >= 15 is 0 Å². The number of anilines is 2. The first-order valence-corrected chi connectivity index (χ1v) is 7.74. The van der Waals surface area contributed by atoms with Gasteiger partial charge in [0, 0.05) is 16.6 Å². The summed E-state index contributed by atoms with van der Waals surface area (Å²) >= 11 is 1.40. The molecule has 0 atom stereocenters. The van der Waals surface area contributed by atoms with E-state index in [9.17, 15) is 4.79 Å². The maximum Gasteiger partial charge on any atom is 0.325 e. The Morgan fingerprint density at radius 1 is 1.05 bits per heavy atom. The summed E-state index contributed by atoms with van der Waals surface area (Å²) < 4.78 is 0. The summed E-state index contributed by atoms with van der Waals surface area (Å²) in [7, 11) is 0. The molecule has 0 aliphatic heterocycles. The van der Waals surface area contributed by atoms with E-state index in [1.54, 1.807) is 0 Å². The van der Waals surface area contributed by atoms with Gasteiger partial charge in [-0.25, -0.2) is 9.78 Å². The molecule has 1 heterocycles. The molecular formula is C17H15N3OS. The second-order valence-electron chi connectivity index (χ2n) is 4.85. The van der Waals surface area contributed by atoms with E-state index in [2.05, 4.69) is 15.6 Å². The fourth-order valence-electron chi connectivity index (χ4n) is 2.05. The molecule has 0 bridgehead atoms. The number of thiazole rings is 1. The molecule has 3 rings (SSSR count). The zero-order valence-electron chi connectivity index (χ0n) is 12.0. The van der Waals surface area contributed by atoms with Gasteiger partial charge in [-0.15, -0.1) is 11.3 Å². The van der Waals surface area contributed by atoms with Crippen LogP contribution in [0.1, 0.15) is 5.56 Å². The number of nitrogens with zero attached hydrogens (tertiary/aromatic N) is 1. The van der Waals surface area contributed by atoms with E-state index in [1.807, 2.05) is 66.9 Å². The van der Waals surface area contributed by atoms with Crippen LogP contribution in [0.5, 0.6) is 0 Å². The minimum Gasteiger partial charge on any atom is -0.308 e. The molecule has 0 spiro atoms. The molecule has 0 fully saturated rings. The lowest BCUT2D eigenvalue weighted by atomic mass is 10.2. The average molecular weight is 309 g/mol. The molecule has 2 amide bonds. The molecule has 22 heavy (non-hydrogen) atoms. The van der Waals surface area contributed by atoms with Gasteiger partial charge in [-0.2, -0.15) is 0 Å². The van der Waals surface area contributed by atoms with Crippen LogP contribution in [0, 0.1) is 6.92 Å². The first-order chi connectivity index (χ1) is 10.7. The van der Waals surface area contributed by atoms with Gasteiger partial charge in [0.05, 0.1) is 5.69 Å². The second-order valence-corrected chi connectivity index (χ2v) is 5.71. The average Bonchev–Trinajstić information content (AvgIpc) is 2.96. The van der Waals surface area contributed by atoms with E-state index in [0.29, 0.717) is 5.13 Å². The number of urea groups is 1. The smallest absolute Gasteiger partial charge is 0.308 e. The van der Waals surface area contributed by atoms with Crippen molar-refractivity contribution in [3.63, 3.8) is 0 Å². The van der Waals surface area contributed by atoms with Crippen molar-refractivity contribution in [2.75, 3.05) is 10.6 Å². The molecular weight excluding hydrogens is 294 g/mol. The highest BCUT2D eigenvalue weighted by atomic mass is 32.1. The van der Waals surface area contributed by atoms with Crippen LogP contribution in [0.15, 0.2) is 60.0 Å². The number of hydrogen-bond acceptors (Lipinski definition) is 3. The van der Waals surface area contributed by atoms with Crippen LogP contribution in [0.3, 0.4) is 0 Å². The maximum absolute atomic E-state index is 12.0. The highest BCUT2D eigenvalue weighted by molar-refractivity contribution is 7.14. The highest BCUT2D eigenvalue weighted by Gasteiger charge is 2.08. The Labute approximate surface area is 132 Å². The van der Waals surface area contributed by atoms with Crippen molar-refractivity contribution in [2.45, 2.75) is 6.92 Å². The molecule has 1 aromatic heterocycles. The standard InChI is InChI=1S/C17H15N3OS/c1-12-6-5-9-14(10-12)18-16(21)20-17-19-15(11-22-17)13-7-3-2-4-8-13/h2-11H,1H3,(H2,18,19,20,21). The third kappa shape index (κ3) is 3.51. The molecule has 2 N–H and O–H groups in total. The zero-order valence-corrected chi connectivity index (χ0v) is 12.9. The normalized spacial score (nSPS) is 10.2. The molecule has 0 saturated carbocycles. The van der Waals surface area contributed by atoms with Crippen LogP contribution in [-0.4, -0.2) is 11.0 Å². The summed E-state index contributed by atoms with van der Waals surface area (Å²) in [6.07, 6.45) is 0. The molecule has 5 heteroatoms. The van der Waals surface area contributed by atoms with Gasteiger partial charge in [-0.1, -0.05) is 42.5 Å². The van der Waals surface area contributed by atoms with E-state index in [1.165, 1.54) is 11.3 Å². The van der Waals surface area contributed by atoms with Gasteiger partial charge in [-0.05, 0) is 24.6 Å². The third-order valence-electron chi connectivity index (χ3n) is 3.07. The van der Waals surface area contributed by atoms with Crippen LogP contribution in [0.25, 0.3) is 11.3 Å². The second kappa shape index (κ2) is 6.41. The van der Waals surface area contributed by atoms with Crippen molar-refractivity contribution < 1.29 is 4.79 Å². The lowest BCUT2D eigenvalue weighted by Gasteiger charge is -2.05. The number of carbonyl (C=O) groups excluding carboxylic acids is 1. The number of aryl methyl sites for hydroxylation is 1. The molecule has 110 valence electrons. The van der Waals surface area contributed by atoms with Crippen LogP contribution in [-0.2, 0) is 0 Å². The molecule has 0 radical (unpaired) electrons. The number of hydrogen-bond donors (Lipinski definition) is 2. The van der Waals surface area contributed by atoms with Gasteiger partial charge in [0.25, 0.3) is 0 Å². The minimum atomic E-state index is -0.292. The van der Waals surface area contributed by atoms with Crippen LogP contribution in [0.4, 0.5) is 15.6 Å². The molecule has 0 unspecified atom stereocenters.